The Morgan fingerprint density at radius 1 is 1.29 bits per heavy atom. The number of hydrogen-bond donors (Lipinski definition) is 1. The summed E-state index contributed by atoms with van der Waals surface area (Å²) >= 11 is 1.52. The molecule has 0 unspecified atom stereocenters. The van der Waals surface area contributed by atoms with Crippen LogP contribution in [0.2, 0.25) is 0 Å². The number of amides is 1. The lowest BCUT2D eigenvalue weighted by atomic mass is 10.0. The van der Waals surface area contributed by atoms with Gasteiger partial charge in [0.1, 0.15) is 0 Å². The molecule has 0 aliphatic rings. The summed E-state index contributed by atoms with van der Waals surface area (Å²) in [4.78, 5) is 18.4. The van der Waals surface area contributed by atoms with Gasteiger partial charge >= 0.3 is 0 Å². The summed E-state index contributed by atoms with van der Waals surface area (Å²) in [5.41, 5.74) is 9.72. The first kappa shape index (κ1) is 13.6. The van der Waals surface area contributed by atoms with Crippen LogP contribution in [0.1, 0.15) is 16.1 Å². The number of nitrogens with two attached hydrogens (primary N) is 1. The second-order valence-corrected chi connectivity index (χ2v) is 5.65. The number of thiazole rings is 1. The molecule has 2 aromatic carbocycles. The van der Waals surface area contributed by atoms with Gasteiger partial charge in [-0.3, -0.25) is 4.79 Å². The predicted molar refractivity (Wildman–Crippen MR) is 86.3 cm³/mol. The molecule has 4 nitrogen and oxygen atoms in total. The number of fused-ring (bicyclic) bond motifs is 1. The summed E-state index contributed by atoms with van der Waals surface area (Å²) < 4.78 is 0. The van der Waals surface area contributed by atoms with Crippen LogP contribution < -0.4 is 5.73 Å². The lowest BCUT2D eigenvalue weighted by Gasteiger charge is -2.17. The van der Waals surface area contributed by atoms with Crippen molar-refractivity contribution in [2.45, 2.75) is 6.54 Å². The highest BCUT2D eigenvalue weighted by atomic mass is 32.1. The van der Waals surface area contributed by atoms with Gasteiger partial charge in [-0.15, -0.1) is 11.3 Å². The number of carbonyl (C=O) groups excluding carboxylic acids is 1. The van der Waals surface area contributed by atoms with Crippen molar-refractivity contribution in [2.75, 3.05) is 12.8 Å². The van der Waals surface area contributed by atoms with Gasteiger partial charge in [0.2, 0.25) is 0 Å². The van der Waals surface area contributed by atoms with E-state index in [-0.39, 0.29) is 5.91 Å². The maximum atomic E-state index is 12.6. The fraction of sp³-hybridized carbons (Fsp3) is 0.125. The largest absolute Gasteiger partial charge is 0.398 e. The third kappa shape index (κ3) is 2.73. The zero-order chi connectivity index (χ0) is 14.8. The average Bonchev–Trinajstić information content (AvgIpc) is 2.98. The van der Waals surface area contributed by atoms with Gasteiger partial charge in [-0.05, 0) is 22.9 Å². The van der Waals surface area contributed by atoms with Crippen molar-refractivity contribution >= 4 is 33.7 Å². The molecule has 1 heterocycles. The molecule has 0 aliphatic heterocycles. The average molecular weight is 297 g/mol. The minimum absolute atomic E-state index is 0.0914. The van der Waals surface area contributed by atoms with Gasteiger partial charge in [-0.2, -0.15) is 0 Å². The van der Waals surface area contributed by atoms with Crippen LogP contribution >= 0.6 is 11.3 Å². The second-order valence-electron chi connectivity index (χ2n) is 4.93. The fourth-order valence-electron chi connectivity index (χ4n) is 2.28. The Labute approximate surface area is 126 Å². The lowest BCUT2D eigenvalue weighted by molar-refractivity contribution is 0.0785. The molecule has 0 spiro atoms. The molecule has 0 saturated heterocycles. The molecule has 0 bridgehead atoms. The van der Waals surface area contributed by atoms with Crippen LogP contribution in [0.4, 0.5) is 5.69 Å². The highest BCUT2D eigenvalue weighted by Crippen LogP contribution is 2.23. The van der Waals surface area contributed by atoms with E-state index in [1.54, 1.807) is 17.5 Å². The minimum atomic E-state index is -0.0914. The van der Waals surface area contributed by atoms with Gasteiger partial charge in [-0.1, -0.05) is 24.3 Å². The van der Waals surface area contributed by atoms with Gasteiger partial charge in [0, 0.05) is 18.1 Å². The summed E-state index contributed by atoms with van der Waals surface area (Å²) in [5.74, 6) is -0.0914. The quantitative estimate of drug-likeness (QED) is 0.755. The van der Waals surface area contributed by atoms with Crippen molar-refractivity contribution < 1.29 is 4.79 Å². The molecule has 1 aromatic heterocycles. The van der Waals surface area contributed by atoms with Crippen molar-refractivity contribution in [3.63, 3.8) is 0 Å². The van der Waals surface area contributed by atoms with Gasteiger partial charge < -0.3 is 10.6 Å². The van der Waals surface area contributed by atoms with E-state index in [1.807, 2.05) is 41.8 Å². The molecule has 0 fully saturated rings. The van der Waals surface area contributed by atoms with Crippen molar-refractivity contribution in [1.29, 1.82) is 0 Å². The number of rotatable bonds is 3. The summed E-state index contributed by atoms with van der Waals surface area (Å²) in [5, 5.41) is 3.99. The lowest BCUT2D eigenvalue weighted by Crippen LogP contribution is -2.27. The topological polar surface area (TPSA) is 59.2 Å². The van der Waals surface area contributed by atoms with Crippen LogP contribution in [-0.4, -0.2) is 22.8 Å². The molecule has 5 heteroatoms. The first-order chi connectivity index (χ1) is 10.1. The Bertz CT molecular complexity index is 783. The van der Waals surface area contributed by atoms with Crippen LogP contribution in [0.15, 0.2) is 47.3 Å². The monoisotopic (exact) mass is 297 g/mol. The van der Waals surface area contributed by atoms with Crippen LogP contribution in [0, 0.1) is 0 Å². The first-order valence-electron chi connectivity index (χ1n) is 6.56. The molecule has 21 heavy (non-hydrogen) atoms. The Morgan fingerprint density at radius 2 is 2.00 bits per heavy atom. The van der Waals surface area contributed by atoms with Crippen LogP contribution in [0.25, 0.3) is 10.8 Å². The summed E-state index contributed by atoms with van der Waals surface area (Å²) in [7, 11) is 1.76. The van der Waals surface area contributed by atoms with E-state index in [4.69, 9.17) is 5.73 Å². The third-order valence-electron chi connectivity index (χ3n) is 3.38. The number of aromatic nitrogens is 1. The van der Waals surface area contributed by atoms with E-state index in [2.05, 4.69) is 4.98 Å². The van der Waals surface area contributed by atoms with E-state index < -0.39 is 0 Å². The Kier molecular flexibility index (Phi) is 3.58. The molecule has 0 saturated carbocycles. The zero-order valence-corrected chi connectivity index (χ0v) is 12.4. The number of nitrogen functional groups attached to an aromatic ring is 1. The van der Waals surface area contributed by atoms with Crippen molar-refractivity contribution in [2.24, 2.45) is 0 Å². The SMILES string of the molecule is CN(Cc1cscn1)C(=O)c1cc2ccccc2cc1N. The molecular formula is C16H15N3OS. The van der Waals surface area contributed by atoms with Gasteiger partial charge in [0.25, 0.3) is 5.91 Å². The summed E-state index contributed by atoms with van der Waals surface area (Å²) in [6.45, 7) is 0.481. The van der Waals surface area contributed by atoms with Gasteiger partial charge in [-0.25, -0.2) is 4.98 Å². The van der Waals surface area contributed by atoms with E-state index >= 15 is 0 Å². The summed E-state index contributed by atoms with van der Waals surface area (Å²) in [6, 6.07) is 11.6. The number of hydrogen-bond acceptors (Lipinski definition) is 4. The minimum Gasteiger partial charge on any atom is -0.398 e. The number of nitrogens with zero attached hydrogens (tertiary/aromatic N) is 2. The first-order valence-corrected chi connectivity index (χ1v) is 7.50. The Morgan fingerprint density at radius 3 is 2.67 bits per heavy atom. The number of carbonyl (C=O) groups is 1. The molecule has 0 radical (unpaired) electrons. The predicted octanol–water partition coefficient (Wildman–Crippen LogP) is 3.15. The van der Waals surface area contributed by atoms with Gasteiger partial charge in [0.05, 0.1) is 23.3 Å². The van der Waals surface area contributed by atoms with Crippen LogP contribution in [-0.2, 0) is 6.54 Å². The molecule has 3 rings (SSSR count). The summed E-state index contributed by atoms with van der Waals surface area (Å²) in [6.07, 6.45) is 0. The van der Waals surface area contributed by atoms with E-state index in [9.17, 15) is 4.79 Å². The molecule has 3 aromatic rings. The zero-order valence-electron chi connectivity index (χ0n) is 11.6. The molecule has 106 valence electrons. The van der Waals surface area contributed by atoms with E-state index in [1.165, 1.54) is 11.3 Å². The molecule has 2 N–H and O–H groups in total. The van der Waals surface area contributed by atoms with E-state index in [0.29, 0.717) is 17.8 Å². The highest BCUT2D eigenvalue weighted by Gasteiger charge is 2.16. The van der Waals surface area contributed by atoms with Crippen LogP contribution in [0.3, 0.4) is 0 Å². The van der Waals surface area contributed by atoms with Crippen molar-refractivity contribution in [1.82, 2.24) is 9.88 Å². The second kappa shape index (κ2) is 5.54. The van der Waals surface area contributed by atoms with Crippen molar-refractivity contribution in [3.05, 3.63) is 58.5 Å². The number of anilines is 1. The van der Waals surface area contributed by atoms with Gasteiger partial charge in [0.15, 0.2) is 0 Å². The van der Waals surface area contributed by atoms with Crippen molar-refractivity contribution in [3.8, 4) is 0 Å². The Hall–Kier alpha value is -2.40. The molecule has 0 aliphatic carbocycles. The van der Waals surface area contributed by atoms with Crippen LogP contribution in [0.5, 0.6) is 0 Å². The normalized spacial score (nSPS) is 10.7. The third-order valence-corrected chi connectivity index (χ3v) is 4.01. The fourth-order valence-corrected chi connectivity index (χ4v) is 2.83. The smallest absolute Gasteiger partial charge is 0.256 e. The molecular weight excluding hydrogens is 282 g/mol. The maximum absolute atomic E-state index is 12.6. The van der Waals surface area contributed by atoms with E-state index in [0.717, 1.165) is 16.5 Å². The molecule has 1 amide bonds. The number of benzene rings is 2. The Balaban J connectivity index is 1.91. The maximum Gasteiger partial charge on any atom is 0.256 e. The standard InChI is InChI=1S/C16H15N3OS/c1-19(8-13-9-21-10-18-13)16(20)14-6-11-4-2-3-5-12(11)7-15(14)17/h2-7,9-10H,8,17H2,1H3. The highest BCUT2D eigenvalue weighted by molar-refractivity contribution is 7.07. The molecule has 0 atom stereocenters.